The van der Waals surface area contributed by atoms with Gasteiger partial charge in [0.2, 0.25) is 0 Å². The van der Waals surface area contributed by atoms with E-state index in [1.54, 1.807) is 0 Å². The van der Waals surface area contributed by atoms with Crippen LogP contribution < -0.4 is 0 Å². The van der Waals surface area contributed by atoms with E-state index in [0.29, 0.717) is 4.34 Å². The van der Waals surface area contributed by atoms with Crippen LogP contribution in [-0.4, -0.2) is 5.11 Å². The number of benzene rings is 1. The van der Waals surface area contributed by atoms with E-state index in [1.165, 1.54) is 16.9 Å². The summed E-state index contributed by atoms with van der Waals surface area (Å²) in [5.41, 5.74) is 2.13. The third-order valence-corrected chi connectivity index (χ3v) is 5.19. The second kappa shape index (κ2) is 5.53. The maximum absolute atomic E-state index is 10.4. The fourth-order valence-electron chi connectivity index (χ4n) is 1.77. The van der Waals surface area contributed by atoms with Gasteiger partial charge in [-0.25, -0.2) is 0 Å². The minimum Gasteiger partial charge on any atom is -0.383 e. The molecule has 2 aromatic rings. The second-order valence-electron chi connectivity index (χ2n) is 3.73. The molecule has 1 N–H and O–H groups in total. The topological polar surface area (TPSA) is 20.2 Å². The second-order valence-corrected chi connectivity index (χ2v) is 6.27. The first-order valence-electron chi connectivity index (χ1n) is 5.34. The van der Waals surface area contributed by atoms with Crippen LogP contribution in [0.4, 0.5) is 0 Å². The number of rotatable bonds is 3. The van der Waals surface area contributed by atoms with E-state index in [2.05, 4.69) is 22.9 Å². The molecule has 1 heterocycles. The molecular formula is C13H12BrClOS. The van der Waals surface area contributed by atoms with Gasteiger partial charge in [0.1, 0.15) is 10.4 Å². The van der Waals surface area contributed by atoms with Gasteiger partial charge in [-0.1, -0.05) is 42.8 Å². The molecule has 0 aliphatic carbocycles. The minimum absolute atomic E-state index is 0.597. The average Bonchev–Trinajstić information content (AvgIpc) is 2.68. The molecule has 0 amide bonds. The fourth-order valence-corrected chi connectivity index (χ4v) is 3.52. The Morgan fingerprint density at radius 1 is 1.41 bits per heavy atom. The Bertz CT molecular complexity index is 504. The zero-order valence-electron chi connectivity index (χ0n) is 9.28. The van der Waals surface area contributed by atoms with Gasteiger partial charge in [-0.3, -0.25) is 0 Å². The van der Waals surface area contributed by atoms with Gasteiger partial charge in [-0.2, -0.15) is 0 Å². The predicted molar refractivity (Wildman–Crippen MR) is 76.9 cm³/mol. The van der Waals surface area contributed by atoms with Crippen molar-refractivity contribution in [1.82, 2.24) is 0 Å². The molecule has 2 rings (SSSR count). The van der Waals surface area contributed by atoms with Crippen molar-refractivity contribution < 1.29 is 5.11 Å². The van der Waals surface area contributed by atoms with Crippen LogP contribution in [0.3, 0.4) is 0 Å². The van der Waals surface area contributed by atoms with Gasteiger partial charge in [0.05, 0.1) is 0 Å². The molecule has 4 heteroatoms. The van der Waals surface area contributed by atoms with E-state index in [-0.39, 0.29) is 0 Å². The van der Waals surface area contributed by atoms with Crippen molar-refractivity contribution in [3.8, 4) is 0 Å². The number of aliphatic hydroxyl groups is 1. The maximum atomic E-state index is 10.4. The van der Waals surface area contributed by atoms with Crippen molar-refractivity contribution in [1.29, 1.82) is 0 Å². The van der Waals surface area contributed by atoms with Gasteiger partial charge in [-0.05, 0) is 39.5 Å². The standard InChI is InChI=1S/C13H12BrClOS/c1-2-8-5-3-4-6-9(8)12(16)11-7-10(14)13(15)17-11/h3-7,12,16H,2H2,1H3. The maximum Gasteiger partial charge on any atom is 0.114 e. The zero-order valence-corrected chi connectivity index (χ0v) is 12.4. The van der Waals surface area contributed by atoms with E-state index in [0.717, 1.165) is 21.3 Å². The lowest BCUT2D eigenvalue weighted by Crippen LogP contribution is -2.01. The highest BCUT2D eigenvalue weighted by atomic mass is 79.9. The van der Waals surface area contributed by atoms with Crippen LogP contribution in [0.1, 0.15) is 29.0 Å². The molecule has 1 aromatic carbocycles. The van der Waals surface area contributed by atoms with E-state index >= 15 is 0 Å². The average molecular weight is 332 g/mol. The largest absolute Gasteiger partial charge is 0.383 e. The lowest BCUT2D eigenvalue weighted by molar-refractivity contribution is 0.223. The number of thiophene rings is 1. The molecular weight excluding hydrogens is 320 g/mol. The van der Waals surface area contributed by atoms with Crippen LogP contribution >= 0.6 is 38.9 Å². The monoisotopic (exact) mass is 330 g/mol. The van der Waals surface area contributed by atoms with Crippen molar-refractivity contribution in [3.05, 3.63) is 55.1 Å². The molecule has 0 aliphatic heterocycles. The molecule has 0 fully saturated rings. The van der Waals surface area contributed by atoms with Crippen LogP contribution in [0, 0.1) is 0 Å². The Hall–Kier alpha value is -0.350. The molecule has 1 nitrogen and oxygen atoms in total. The Kier molecular flexibility index (Phi) is 4.26. The predicted octanol–water partition coefficient (Wildman–Crippen LogP) is 4.81. The van der Waals surface area contributed by atoms with E-state index < -0.39 is 6.10 Å². The van der Waals surface area contributed by atoms with Crippen LogP contribution in [0.2, 0.25) is 4.34 Å². The molecule has 0 spiro atoms. The van der Waals surface area contributed by atoms with E-state index in [4.69, 9.17) is 11.6 Å². The summed E-state index contributed by atoms with van der Waals surface area (Å²) in [7, 11) is 0. The summed E-state index contributed by atoms with van der Waals surface area (Å²) >= 11 is 10.8. The highest BCUT2D eigenvalue weighted by Crippen LogP contribution is 2.38. The van der Waals surface area contributed by atoms with Crippen molar-refractivity contribution in [2.45, 2.75) is 19.4 Å². The normalized spacial score (nSPS) is 12.7. The molecule has 0 saturated heterocycles. The molecule has 1 atom stereocenters. The third kappa shape index (κ3) is 2.74. The van der Waals surface area contributed by atoms with Gasteiger partial charge in [-0.15, -0.1) is 11.3 Å². The number of hydrogen-bond acceptors (Lipinski definition) is 2. The Morgan fingerprint density at radius 3 is 2.71 bits per heavy atom. The van der Waals surface area contributed by atoms with Crippen molar-refractivity contribution in [2.24, 2.45) is 0 Å². The molecule has 0 aliphatic rings. The van der Waals surface area contributed by atoms with Crippen LogP contribution in [0.15, 0.2) is 34.8 Å². The zero-order chi connectivity index (χ0) is 12.4. The minimum atomic E-state index is -0.597. The Balaban J connectivity index is 2.39. The molecule has 0 radical (unpaired) electrons. The summed E-state index contributed by atoms with van der Waals surface area (Å²) in [5, 5.41) is 10.4. The SMILES string of the molecule is CCc1ccccc1C(O)c1cc(Br)c(Cl)s1. The molecule has 1 aromatic heterocycles. The number of aryl methyl sites for hydroxylation is 1. The smallest absolute Gasteiger partial charge is 0.114 e. The van der Waals surface area contributed by atoms with Gasteiger partial charge in [0.15, 0.2) is 0 Å². The highest BCUT2D eigenvalue weighted by Gasteiger charge is 2.17. The van der Waals surface area contributed by atoms with E-state index in [9.17, 15) is 5.11 Å². The summed E-state index contributed by atoms with van der Waals surface area (Å²) in [6.07, 6.45) is 0.313. The molecule has 0 saturated carbocycles. The molecule has 1 unspecified atom stereocenters. The van der Waals surface area contributed by atoms with Crippen molar-refractivity contribution in [2.75, 3.05) is 0 Å². The van der Waals surface area contributed by atoms with Crippen LogP contribution in [0.5, 0.6) is 0 Å². The van der Waals surface area contributed by atoms with Gasteiger partial charge >= 0.3 is 0 Å². The van der Waals surface area contributed by atoms with Gasteiger partial charge in [0, 0.05) is 9.35 Å². The highest BCUT2D eigenvalue weighted by molar-refractivity contribution is 9.10. The summed E-state index contributed by atoms with van der Waals surface area (Å²) in [5.74, 6) is 0. The summed E-state index contributed by atoms with van der Waals surface area (Å²) in [6, 6.07) is 9.83. The van der Waals surface area contributed by atoms with Crippen molar-refractivity contribution >= 4 is 38.9 Å². The Morgan fingerprint density at radius 2 is 2.12 bits per heavy atom. The molecule has 0 bridgehead atoms. The first kappa shape index (κ1) is 13.1. The summed E-state index contributed by atoms with van der Waals surface area (Å²) in [6.45, 7) is 2.09. The lowest BCUT2D eigenvalue weighted by atomic mass is 10.00. The number of aliphatic hydroxyl groups excluding tert-OH is 1. The van der Waals surface area contributed by atoms with Crippen LogP contribution in [-0.2, 0) is 6.42 Å². The number of halogens is 2. The molecule has 17 heavy (non-hydrogen) atoms. The van der Waals surface area contributed by atoms with Crippen LogP contribution in [0.25, 0.3) is 0 Å². The van der Waals surface area contributed by atoms with Gasteiger partial charge < -0.3 is 5.11 Å². The quantitative estimate of drug-likeness (QED) is 0.856. The van der Waals surface area contributed by atoms with Gasteiger partial charge in [0.25, 0.3) is 0 Å². The first-order chi connectivity index (χ1) is 8.13. The molecule has 90 valence electrons. The lowest BCUT2D eigenvalue weighted by Gasteiger charge is -2.13. The number of hydrogen-bond donors (Lipinski definition) is 1. The van der Waals surface area contributed by atoms with E-state index in [1.807, 2.05) is 30.3 Å². The first-order valence-corrected chi connectivity index (χ1v) is 7.32. The van der Waals surface area contributed by atoms with Crippen molar-refractivity contribution in [3.63, 3.8) is 0 Å². The Labute approximate surface area is 118 Å². The summed E-state index contributed by atoms with van der Waals surface area (Å²) in [4.78, 5) is 0.864. The third-order valence-electron chi connectivity index (χ3n) is 2.66. The summed E-state index contributed by atoms with van der Waals surface area (Å²) < 4.78 is 1.51. The fraction of sp³-hybridized carbons (Fsp3) is 0.231.